The first-order chi connectivity index (χ1) is 10.0. The standard InChI is InChI=1S/C16H24N2O2S/c1-4-6-8-11(5-2)16(19)18-14-12(15(17)21)9-7-10-13(14)20-3/h7,9-11H,4-6,8H2,1-3H3,(H2,17,21)(H,18,19). The predicted octanol–water partition coefficient (Wildman–Crippen LogP) is 3.48. The molecule has 0 aromatic heterocycles. The van der Waals surface area contributed by atoms with Crippen molar-refractivity contribution >= 4 is 28.8 Å². The van der Waals surface area contributed by atoms with Gasteiger partial charge in [0.1, 0.15) is 10.7 Å². The molecule has 1 aromatic carbocycles. The van der Waals surface area contributed by atoms with Crippen molar-refractivity contribution in [3.63, 3.8) is 0 Å². The van der Waals surface area contributed by atoms with Crippen LogP contribution in [0, 0.1) is 5.92 Å². The summed E-state index contributed by atoms with van der Waals surface area (Å²) in [6.45, 7) is 4.15. The summed E-state index contributed by atoms with van der Waals surface area (Å²) >= 11 is 5.04. The summed E-state index contributed by atoms with van der Waals surface area (Å²) in [5.74, 6) is 0.556. The number of nitrogens with one attached hydrogen (secondary N) is 1. The van der Waals surface area contributed by atoms with Crippen LogP contribution in [0.5, 0.6) is 5.75 Å². The molecule has 0 saturated heterocycles. The van der Waals surface area contributed by atoms with Crippen LogP contribution < -0.4 is 15.8 Å². The van der Waals surface area contributed by atoms with E-state index < -0.39 is 0 Å². The third-order valence-electron chi connectivity index (χ3n) is 3.53. The second-order valence-electron chi connectivity index (χ2n) is 4.98. The zero-order valence-corrected chi connectivity index (χ0v) is 13.8. The maximum absolute atomic E-state index is 12.4. The van der Waals surface area contributed by atoms with Crippen LogP contribution in [0.3, 0.4) is 0 Å². The summed E-state index contributed by atoms with van der Waals surface area (Å²) in [6.07, 6.45) is 3.82. The minimum atomic E-state index is -0.00653. The second-order valence-corrected chi connectivity index (χ2v) is 5.42. The summed E-state index contributed by atoms with van der Waals surface area (Å²) in [6, 6.07) is 5.37. The number of hydrogen-bond acceptors (Lipinski definition) is 3. The van der Waals surface area contributed by atoms with E-state index in [1.165, 1.54) is 0 Å². The maximum Gasteiger partial charge on any atom is 0.227 e. The highest BCUT2D eigenvalue weighted by Crippen LogP contribution is 2.29. The van der Waals surface area contributed by atoms with Crippen LogP contribution in [-0.4, -0.2) is 18.0 Å². The lowest BCUT2D eigenvalue weighted by molar-refractivity contribution is -0.120. The molecule has 0 aliphatic rings. The van der Waals surface area contributed by atoms with Gasteiger partial charge in [0.15, 0.2) is 0 Å². The summed E-state index contributed by atoms with van der Waals surface area (Å²) in [5.41, 5.74) is 6.92. The molecule has 4 nitrogen and oxygen atoms in total. The van der Waals surface area contributed by atoms with Gasteiger partial charge < -0.3 is 15.8 Å². The second kappa shape index (κ2) is 8.62. The van der Waals surface area contributed by atoms with Gasteiger partial charge in [0.2, 0.25) is 5.91 Å². The van der Waals surface area contributed by atoms with Crippen molar-refractivity contribution in [3.8, 4) is 5.75 Å². The summed E-state index contributed by atoms with van der Waals surface area (Å²) in [7, 11) is 1.56. The Morgan fingerprint density at radius 1 is 1.43 bits per heavy atom. The quantitative estimate of drug-likeness (QED) is 0.722. The van der Waals surface area contributed by atoms with Crippen molar-refractivity contribution in [1.29, 1.82) is 0 Å². The van der Waals surface area contributed by atoms with Gasteiger partial charge >= 0.3 is 0 Å². The first-order valence-corrected chi connectivity index (χ1v) is 7.73. The van der Waals surface area contributed by atoms with Gasteiger partial charge in [-0.2, -0.15) is 0 Å². The summed E-state index contributed by atoms with van der Waals surface area (Å²) in [5, 5.41) is 2.94. The number of carbonyl (C=O) groups is 1. The Balaban J connectivity index is 2.99. The van der Waals surface area contributed by atoms with Crippen molar-refractivity contribution in [2.75, 3.05) is 12.4 Å². The van der Waals surface area contributed by atoms with Gasteiger partial charge in [-0.15, -0.1) is 0 Å². The Hall–Kier alpha value is -1.62. The first-order valence-electron chi connectivity index (χ1n) is 7.32. The molecule has 21 heavy (non-hydrogen) atoms. The molecular formula is C16H24N2O2S. The number of para-hydroxylation sites is 1. The van der Waals surface area contributed by atoms with Gasteiger partial charge in [-0.3, -0.25) is 4.79 Å². The summed E-state index contributed by atoms with van der Waals surface area (Å²) in [4.78, 5) is 12.7. The van der Waals surface area contributed by atoms with Crippen molar-refractivity contribution < 1.29 is 9.53 Å². The largest absolute Gasteiger partial charge is 0.495 e. The number of anilines is 1. The van der Waals surface area contributed by atoms with E-state index in [2.05, 4.69) is 12.2 Å². The Kier molecular flexibility index (Phi) is 7.15. The van der Waals surface area contributed by atoms with Crippen molar-refractivity contribution in [3.05, 3.63) is 23.8 Å². The van der Waals surface area contributed by atoms with Crippen LogP contribution in [0.15, 0.2) is 18.2 Å². The van der Waals surface area contributed by atoms with E-state index in [0.717, 1.165) is 25.7 Å². The van der Waals surface area contributed by atoms with E-state index in [1.807, 2.05) is 6.92 Å². The predicted molar refractivity (Wildman–Crippen MR) is 90.8 cm³/mol. The Morgan fingerprint density at radius 3 is 2.67 bits per heavy atom. The smallest absolute Gasteiger partial charge is 0.227 e. The molecule has 0 radical (unpaired) electrons. The van der Waals surface area contributed by atoms with Crippen LogP contribution in [0.25, 0.3) is 0 Å². The Morgan fingerprint density at radius 2 is 2.14 bits per heavy atom. The topological polar surface area (TPSA) is 64.3 Å². The average Bonchev–Trinajstić information content (AvgIpc) is 2.47. The van der Waals surface area contributed by atoms with Crippen LogP contribution in [-0.2, 0) is 4.79 Å². The first kappa shape index (κ1) is 17.4. The molecule has 0 spiro atoms. The molecule has 0 heterocycles. The third-order valence-corrected chi connectivity index (χ3v) is 3.75. The van der Waals surface area contributed by atoms with E-state index in [-0.39, 0.29) is 16.8 Å². The fourth-order valence-corrected chi connectivity index (χ4v) is 2.40. The van der Waals surface area contributed by atoms with Gasteiger partial charge in [0.25, 0.3) is 0 Å². The van der Waals surface area contributed by atoms with Crippen molar-refractivity contribution in [2.24, 2.45) is 11.7 Å². The van der Waals surface area contributed by atoms with Crippen LogP contribution in [0.1, 0.15) is 45.1 Å². The maximum atomic E-state index is 12.4. The number of hydrogen-bond donors (Lipinski definition) is 2. The molecular weight excluding hydrogens is 284 g/mol. The average molecular weight is 308 g/mol. The Labute approximate surface area is 132 Å². The molecule has 5 heteroatoms. The molecule has 1 rings (SSSR count). The van der Waals surface area contributed by atoms with E-state index in [4.69, 9.17) is 22.7 Å². The number of rotatable bonds is 8. The molecule has 0 saturated carbocycles. The lowest BCUT2D eigenvalue weighted by Crippen LogP contribution is -2.24. The third kappa shape index (κ3) is 4.70. The zero-order chi connectivity index (χ0) is 15.8. The van der Waals surface area contributed by atoms with E-state index in [9.17, 15) is 4.79 Å². The number of ether oxygens (including phenoxy) is 1. The number of unbranched alkanes of at least 4 members (excludes halogenated alkanes) is 1. The monoisotopic (exact) mass is 308 g/mol. The van der Waals surface area contributed by atoms with Crippen LogP contribution in [0.4, 0.5) is 5.69 Å². The lowest BCUT2D eigenvalue weighted by Gasteiger charge is -2.18. The van der Waals surface area contributed by atoms with Crippen molar-refractivity contribution in [2.45, 2.75) is 39.5 Å². The molecule has 1 atom stereocenters. The molecule has 0 fully saturated rings. The van der Waals surface area contributed by atoms with Gasteiger partial charge in [-0.05, 0) is 25.0 Å². The lowest BCUT2D eigenvalue weighted by atomic mass is 9.98. The molecule has 116 valence electrons. The van der Waals surface area contributed by atoms with E-state index in [0.29, 0.717) is 17.0 Å². The molecule has 0 aliphatic carbocycles. The number of methoxy groups -OCH3 is 1. The molecule has 1 amide bonds. The zero-order valence-electron chi connectivity index (χ0n) is 12.9. The fraction of sp³-hybridized carbons (Fsp3) is 0.500. The van der Waals surface area contributed by atoms with Gasteiger partial charge in [-0.1, -0.05) is 45.0 Å². The molecule has 0 bridgehead atoms. The molecule has 1 unspecified atom stereocenters. The molecule has 3 N–H and O–H groups in total. The minimum Gasteiger partial charge on any atom is -0.495 e. The SMILES string of the molecule is CCCCC(CC)C(=O)Nc1c(OC)cccc1C(N)=S. The number of benzene rings is 1. The number of amides is 1. The van der Waals surface area contributed by atoms with Crippen LogP contribution >= 0.6 is 12.2 Å². The minimum absolute atomic E-state index is 0.00550. The summed E-state index contributed by atoms with van der Waals surface area (Å²) < 4.78 is 5.30. The number of carbonyl (C=O) groups excluding carboxylic acids is 1. The number of thiocarbonyl (C=S) groups is 1. The van der Waals surface area contributed by atoms with Gasteiger partial charge in [0, 0.05) is 11.5 Å². The van der Waals surface area contributed by atoms with E-state index in [1.54, 1.807) is 25.3 Å². The highest BCUT2D eigenvalue weighted by Gasteiger charge is 2.20. The molecule has 0 aliphatic heterocycles. The van der Waals surface area contributed by atoms with Gasteiger partial charge in [-0.25, -0.2) is 0 Å². The highest BCUT2D eigenvalue weighted by molar-refractivity contribution is 7.80. The van der Waals surface area contributed by atoms with Gasteiger partial charge in [0.05, 0.1) is 12.8 Å². The van der Waals surface area contributed by atoms with Crippen LogP contribution in [0.2, 0.25) is 0 Å². The Bertz CT molecular complexity index is 503. The fourth-order valence-electron chi connectivity index (χ4n) is 2.23. The van der Waals surface area contributed by atoms with E-state index >= 15 is 0 Å². The highest BCUT2D eigenvalue weighted by atomic mass is 32.1. The molecule has 1 aromatic rings. The normalized spacial score (nSPS) is 11.8. The number of nitrogens with two attached hydrogens (primary N) is 1. The van der Waals surface area contributed by atoms with Crippen molar-refractivity contribution in [1.82, 2.24) is 0 Å².